The van der Waals surface area contributed by atoms with Crippen LogP contribution in [0.4, 0.5) is 0 Å². The lowest BCUT2D eigenvalue weighted by Crippen LogP contribution is -2.36. The first-order valence-electron chi connectivity index (χ1n) is 7.36. The van der Waals surface area contributed by atoms with Gasteiger partial charge in [0.1, 0.15) is 11.6 Å². The van der Waals surface area contributed by atoms with Gasteiger partial charge in [0.2, 0.25) is 0 Å². The summed E-state index contributed by atoms with van der Waals surface area (Å²) in [6.45, 7) is 5.02. The molecule has 1 aromatic rings. The molecule has 2 N–H and O–H groups in total. The second-order valence-corrected chi connectivity index (χ2v) is 5.34. The molecule has 1 aliphatic heterocycles. The van der Waals surface area contributed by atoms with Gasteiger partial charge in [-0.25, -0.2) is 0 Å². The Labute approximate surface area is 129 Å². The molecule has 120 valence electrons. The van der Waals surface area contributed by atoms with E-state index in [0.29, 0.717) is 37.3 Å². The van der Waals surface area contributed by atoms with Crippen molar-refractivity contribution in [3.8, 4) is 11.9 Å². The molecule has 0 aromatic carbocycles. The number of nitrogens with zero attached hydrogens (tertiary/aromatic N) is 3. The van der Waals surface area contributed by atoms with Crippen molar-refractivity contribution in [1.29, 1.82) is 5.26 Å². The average molecular weight is 307 g/mol. The van der Waals surface area contributed by atoms with Gasteiger partial charge < -0.3 is 14.9 Å². The Morgan fingerprint density at radius 3 is 2.64 bits per heavy atom. The minimum Gasteiger partial charge on any atom is -0.494 e. The SMILES string of the molecule is Cc1c(CN2CCOCC2)c(O)n(CCCO)c(=O)c1C#N. The molecule has 0 radical (unpaired) electrons. The number of aromatic nitrogens is 1. The lowest BCUT2D eigenvalue weighted by molar-refractivity contribution is 0.0336. The number of hydrogen-bond donors (Lipinski definition) is 2. The zero-order chi connectivity index (χ0) is 16.1. The van der Waals surface area contributed by atoms with Gasteiger partial charge in [0.25, 0.3) is 5.56 Å². The molecule has 1 saturated heterocycles. The molecule has 0 amide bonds. The van der Waals surface area contributed by atoms with Crippen LogP contribution < -0.4 is 5.56 Å². The van der Waals surface area contributed by atoms with Crippen molar-refractivity contribution < 1.29 is 14.9 Å². The van der Waals surface area contributed by atoms with Crippen LogP contribution in [0.3, 0.4) is 0 Å². The number of rotatable bonds is 5. The average Bonchev–Trinajstić information content (AvgIpc) is 2.53. The van der Waals surface area contributed by atoms with Crippen molar-refractivity contribution in [2.75, 3.05) is 32.9 Å². The summed E-state index contributed by atoms with van der Waals surface area (Å²) < 4.78 is 6.48. The van der Waals surface area contributed by atoms with Gasteiger partial charge in [-0.15, -0.1) is 0 Å². The fourth-order valence-electron chi connectivity index (χ4n) is 2.61. The zero-order valence-electron chi connectivity index (χ0n) is 12.7. The van der Waals surface area contributed by atoms with Crippen molar-refractivity contribution in [3.05, 3.63) is 27.0 Å². The molecule has 7 nitrogen and oxygen atoms in total. The number of hydrogen-bond acceptors (Lipinski definition) is 6. The van der Waals surface area contributed by atoms with Crippen molar-refractivity contribution in [1.82, 2.24) is 9.47 Å². The predicted molar refractivity (Wildman–Crippen MR) is 79.6 cm³/mol. The molecule has 2 rings (SSSR count). The molecule has 1 aliphatic rings. The smallest absolute Gasteiger partial charge is 0.271 e. The highest BCUT2D eigenvalue weighted by Gasteiger charge is 2.21. The summed E-state index contributed by atoms with van der Waals surface area (Å²) in [6.07, 6.45) is 0.346. The number of ether oxygens (including phenoxy) is 1. The first-order chi connectivity index (χ1) is 10.6. The maximum Gasteiger partial charge on any atom is 0.271 e. The topological polar surface area (TPSA) is 98.7 Å². The van der Waals surface area contributed by atoms with Crippen LogP contribution in [0.1, 0.15) is 23.1 Å². The Bertz CT molecular complexity index is 627. The van der Waals surface area contributed by atoms with Crippen LogP contribution >= 0.6 is 0 Å². The quantitative estimate of drug-likeness (QED) is 0.791. The maximum absolute atomic E-state index is 12.3. The van der Waals surface area contributed by atoms with Gasteiger partial charge >= 0.3 is 0 Å². The molecule has 22 heavy (non-hydrogen) atoms. The lowest BCUT2D eigenvalue weighted by Gasteiger charge is -2.28. The standard InChI is InChI=1S/C15H21N3O4/c1-11-12(9-16)14(20)18(3-2-6-19)15(21)13(11)10-17-4-7-22-8-5-17/h19,21H,2-8,10H2,1H3. The highest BCUT2D eigenvalue weighted by Crippen LogP contribution is 2.24. The van der Waals surface area contributed by atoms with E-state index in [1.54, 1.807) is 6.92 Å². The van der Waals surface area contributed by atoms with E-state index in [-0.39, 0.29) is 24.6 Å². The molecule has 2 heterocycles. The molecule has 0 aliphatic carbocycles. The maximum atomic E-state index is 12.3. The van der Waals surface area contributed by atoms with Gasteiger partial charge in [-0.3, -0.25) is 14.3 Å². The van der Waals surface area contributed by atoms with Crippen LogP contribution in [0.2, 0.25) is 0 Å². The van der Waals surface area contributed by atoms with E-state index in [2.05, 4.69) is 4.90 Å². The van der Waals surface area contributed by atoms with E-state index < -0.39 is 5.56 Å². The number of pyridine rings is 1. The Morgan fingerprint density at radius 1 is 1.36 bits per heavy atom. The van der Waals surface area contributed by atoms with E-state index >= 15 is 0 Å². The second kappa shape index (κ2) is 7.40. The molecule has 0 atom stereocenters. The van der Waals surface area contributed by atoms with Gasteiger partial charge in [-0.2, -0.15) is 5.26 Å². The minimum atomic E-state index is -0.503. The van der Waals surface area contributed by atoms with Gasteiger partial charge in [-0.1, -0.05) is 0 Å². The minimum absolute atomic E-state index is 0.0546. The first kappa shape index (κ1) is 16.5. The van der Waals surface area contributed by atoms with E-state index in [4.69, 9.17) is 9.84 Å². The largest absolute Gasteiger partial charge is 0.494 e. The highest BCUT2D eigenvalue weighted by atomic mass is 16.5. The molecular weight excluding hydrogens is 286 g/mol. The molecule has 0 bridgehead atoms. The summed E-state index contributed by atoms with van der Waals surface area (Å²) >= 11 is 0. The summed E-state index contributed by atoms with van der Waals surface area (Å²) in [5.74, 6) is -0.110. The van der Waals surface area contributed by atoms with Crippen LogP contribution in [0.15, 0.2) is 4.79 Å². The Hall–Kier alpha value is -1.88. The van der Waals surface area contributed by atoms with Crippen LogP contribution in [0.25, 0.3) is 0 Å². The molecule has 0 saturated carbocycles. The van der Waals surface area contributed by atoms with E-state index in [1.807, 2.05) is 6.07 Å². The van der Waals surface area contributed by atoms with Crippen LogP contribution in [0, 0.1) is 18.3 Å². The fraction of sp³-hybridized carbons (Fsp3) is 0.600. The van der Waals surface area contributed by atoms with Crippen LogP contribution in [-0.2, 0) is 17.8 Å². The number of nitriles is 1. The van der Waals surface area contributed by atoms with Gasteiger partial charge in [0.05, 0.1) is 13.2 Å². The third-order valence-corrected chi connectivity index (χ3v) is 3.95. The number of aromatic hydroxyl groups is 1. The molecular formula is C15H21N3O4. The number of aliphatic hydroxyl groups excluding tert-OH is 1. The van der Waals surface area contributed by atoms with Crippen molar-refractivity contribution in [2.45, 2.75) is 26.4 Å². The summed E-state index contributed by atoms with van der Waals surface area (Å²) in [7, 11) is 0. The number of aliphatic hydroxyl groups is 1. The monoisotopic (exact) mass is 307 g/mol. The zero-order valence-corrected chi connectivity index (χ0v) is 12.7. The molecule has 1 aromatic heterocycles. The highest BCUT2D eigenvalue weighted by molar-refractivity contribution is 5.45. The second-order valence-electron chi connectivity index (χ2n) is 5.34. The van der Waals surface area contributed by atoms with Crippen molar-refractivity contribution in [2.24, 2.45) is 0 Å². The lowest BCUT2D eigenvalue weighted by atomic mass is 10.0. The molecule has 1 fully saturated rings. The fourth-order valence-corrected chi connectivity index (χ4v) is 2.61. The Balaban J connectivity index is 2.42. The summed E-state index contributed by atoms with van der Waals surface area (Å²) in [4.78, 5) is 14.4. The summed E-state index contributed by atoms with van der Waals surface area (Å²) in [5.41, 5.74) is 0.670. The summed E-state index contributed by atoms with van der Waals surface area (Å²) in [6, 6.07) is 1.94. The Kier molecular flexibility index (Phi) is 5.55. The van der Waals surface area contributed by atoms with Gasteiger partial charge in [-0.05, 0) is 18.9 Å². The number of morpholine rings is 1. The predicted octanol–water partition coefficient (Wildman–Crippen LogP) is -0.0514. The van der Waals surface area contributed by atoms with Crippen molar-refractivity contribution in [3.63, 3.8) is 0 Å². The van der Waals surface area contributed by atoms with Crippen molar-refractivity contribution >= 4 is 0 Å². The van der Waals surface area contributed by atoms with E-state index in [9.17, 15) is 15.2 Å². The summed E-state index contributed by atoms with van der Waals surface area (Å²) in [5, 5.41) is 28.6. The molecule has 7 heteroatoms. The van der Waals surface area contributed by atoms with Gasteiger partial charge in [0.15, 0.2) is 5.88 Å². The van der Waals surface area contributed by atoms with Crippen LogP contribution in [-0.4, -0.2) is 52.6 Å². The Morgan fingerprint density at radius 2 is 2.05 bits per heavy atom. The third kappa shape index (κ3) is 3.30. The normalized spacial score (nSPS) is 15.7. The van der Waals surface area contributed by atoms with Crippen LogP contribution in [0.5, 0.6) is 5.88 Å². The third-order valence-electron chi connectivity index (χ3n) is 3.95. The molecule has 0 spiro atoms. The van der Waals surface area contributed by atoms with E-state index in [0.717, 1.165) is 13.1 Å². The van der Waals surface area contributed by atoms with E-state index in [1.165, 1.54) is 4.57 Å². The van der Waals surface area contributed by atoms with Gasteiger partial charge in [0, 0.05) is 38.3 Å². The molecule has 0 unspecified atom stereocenters. The first-order valence-corrected chi connectivity index (χ1v) is 7.36.